The van der Waals surface area contributed by atoms with Crippen LogP contribution in [0.5, 0.6) is 11.5 Å². The normalized spacial score (nSPS) is 13.0. The number of halogens is 1. The highest BCUT2D eigenvalue weighted by Gasteiger charge is 2.09. The Labute approximate surface area is 193 Å². The van der Waals surface area contributed by atoms with Crippen LogP contribution in [0.1, 0.15) is 13.8 Å². The highest BCUT2D eigenvalue weighted by Crippen LogP contribution is 2.26. The molecule has 0 aromatic heterocycles. The molecule has 29 heavy (non-hydrogen) atoms. The molecule has 160 valence electrons. The molecule has 0 radical (unpaired) electrons. The smallest absolute Gasteiger partial charge is 0.191 e. The minimum absolute atomic E-state index is 0. The second kappa shape index (κ2) is 14.2. The van der Waals surface area contributed by atoms with E-state index in [0.29, 0.717) is 36.3 Å². The van der Waals surface area contributed by atoms with E-state index in [2.05, 4.69) is 15.6 Å². The zero-order valence-electron chi connectivity index (χ0n) is 17.1. The van der Waals surface area contributed by atoms with E-state index in [1.54, 1.807) is 7.11 Å². The van der Waals surface area contributed by atoms with E-state index < -0.39 is 10.8 Å². The van der Waals surface area contributed by atoms with Crippen molar-refractivity contribution in [2.45, 2.75) is 24.8 Å². The molecule has 2 aromatic rings. The molecule has 0 fully saturated rings. The van der Waals surface area contributed by atoms with Gasteiger partial charge >= 0.3 is 0 Å². The van der Waals surface area contributed by atoms with Crippen molar-refractivity contribution in [2.75, 3.05) is 32.5 Å². The topological polar surface area (TPSA) is 72.0 Å². The Morgan fingerprint density at radius 3 is 2.38 bits per heavy atom. The van der Waals surface area contributed by atoms with Gasteiger partial charge in [-0.25, -0.2) is 4.99 Å². The van der Waals surface area contributed by atoms with Crippen molar-refractivity contribution < 1.29 is 13.7 Å². The maximum atomic E-state index is 12.3. The predicted octanol–water partition coefficient (Wildman–Crippen LogP) is 3.44. The van der Waals surface area contributed by atoms with Crippen molar-refractivity contribution in [2.24, 2.45) is 4.99 Å². The Bertz CT molecular complexity index is 775. The van der Waals surface area contributed by atoms with Crippen LogP contribution in [0.2, 0.25) is 0 Å². The number of hydrogen-bond donors (Lipinski definition) is 2. The third kappa shape index (κ3) is 9.03. The molecule has 8 heteroatoms. The summed E-state index contributed by atoms with van der Waals surface area (Å²) in [6.45, 7) is 5.76. The lowest BCUT2D eigenvalue weighted by atomic mass is 10.3. The highest BCUT2D eigenvalue weighted by molar-refractivity contribution is 14.0. The number of guanidine groups is 1. The predicted molar refractivity (Wildman–Crippen MR) is 130 cm³/mol. The number of aliphatic imine (C=N–C) groups is 1. The van der Waals surface area contributed by atoms with Gasteiger partial charge in [-0.1, -0.05) is 30.3 Å². The van der Waals surface area contributed by atoms with Crippen molar-refractivity contribution in [1.82, 2.24) is 10.6 Å². The average molecular weight is 531 g/mol. The van der Waals surface area contributed by atoms with E-state index in [1.807, 2.05) is 68.4 Å². The van der Waals surface area contributed by atoms with Gasteiger partial charge in [-0.3, -0.25) is 4.21 Å². The molecule has 0 saturated carbocycles. The van der Waals surface area contributed by atoms with Gasteiger partial charge in [0.25, 0.3) is 0 Å². The third-order valence-corrected chi connectivity index (χ3v) is 5.21. The molecule has 2 N–H and O–H groups in total. The molecular formula is C21H30IN3O3S. The van der Waals surface area contributed by atoms with Crippen LogP contribution in [-0.2, 0) is 10.8 Å². The van der Waals surface area contributed by atoms with E-state index in [9.17, 15) is 4.21 Å². The van der Waals surface area contributed by atoms with Gasteiger partial charge in [0.2, 0.25) is 0 Å². The van der Waals surface area contributed by atoms with Crippen molar-refractivity contribution >= 4 is 40.7 Å². The molecule has 0 heterocycles. The number of hydrogen-bond acceptors (Lipinski definition) is 4. The summed E-state index contributed by atoms with van der Waals surface area (Å²) in [5, 5.41) is 6.43. The van der Waals surface area contributed by atoms with Crippen LogP contribution in [0, 0.1) is 0 Å². The van der Waals surface area contributed by atoms with Gasteiger partial charge in [-0.05, 0) is 38.1 Å². The standard InChI is InChI=1S/C21H29N3O3S.HI/c1-4-22-21(23-14-15-28(25)18-10-6-5-7-11-18)24-16-17(2)27-20-13-9-8-12-19(20)26-3;/h5-13,17H,4,14-16H2,1-3H3,(H2,22,23,24);1H. The maximum Gasteiger partial charge on any atom is 0.191 e. The van der Waals surface area contributed by atoms with Gasteiger partial charge in [-0.15, -0.1) is 24.0 Å². The van der Waals surface area contributed by atoms with Gasteiger partial charge in [0, 0.05) is 23.7 Å². The second-order valence-corrected chi connectivity index (χ2v) is 7.66. The molecule has 0 bridgehead atoms. The fraction of sp³-hybridized carbons (Fsp3) is 0.381. The first-order chi connectivity index (χ1) is 13.6. The Kier molecular flexibility index (Phi) is 12.4. The summed E-state index contributed by atoms with van der Waals surface area (Å²) in [4.78, 5) is 5.40. The summed E-state index contributed by atoms with van der Waals surface area (Å²) in [7, 11) is 0.592. The molecule has 2 unspecified atom stereocenters. The van der Waals surface area contributed by atoms with Gasteiger partial charge in [0.05, 0.1) is 24.5 Å². The Balaban J connectivity index is 0.00000420. The highest BCUT2D eigenvalue weighted by atomic mass is 127. The molecule has 0 spiro atoms. The Morgan fingerprint density at radius 2 is 1.72 bits per heavy atom. The number of rotatable bonds is 10. The van der Waals surface area contributed by atoms with Crippen LogP contribution in [0.25, 0.3) is 0 Å². The minimum Gasteiger partial charge on any atom is -0.493 e. The van der Waals surface area contributed by atoms with E-state index in [1.165, 1.54) is 0 Å². The summed E-state index contributed by atoms with van der Waals surface area (Å²) < 4.78 is 23.5. The van der Waals surface area contributed by atoms with E-state index in [0.717, 1.165) is 11.4 Å². The van der Waals surface area contributed by atoms with E-state index in [-0.39, 0.29) is 30.1 Å². The number of ether oxygens (including phenoxy) is 2. The summed E-state index contributed by atoms with van der Waals surface area (Å²) in [5.74, 6) is 2.60. The van der Waals surface area contributed by atoms with Crippen molar-refractivity contribution in [1.29, 1.82) is 0 Å². The van der Waals surface area contributed by atoms with Gasteiger partial charge in [0.1, 0.15) is 6.10 Å². The lowest BCUT2D eigenvalue weighted by Gasteiger charge is -2.16. The third-order valence-electron chi connectivity index (χ3n) is 3.83. The molecule has 6 nitrogen and oxygen atoms in total. The van der Waals surface area contributed by atoms with Crippen LogP contribution in [0.4, 0.5) is 0 Å². The quantitative estimate of drug-likeness (QED) is 0.279. The van der Waals surface area contributed by atoms with Crippen LogP contribution in [0.3, 0.4) is 0 Å². The van der Waals surface area contributed by atoms with Crippen LogP contribution < -0.4 is 20.1 Å². The first kappa shape index (κ1) is 25.2. The second-order valence-electron chi connectivity index (χ2n) is 6.09. The summed E-state index contributed by atoms with van der Waals surface area (Å²) in [5.41, 5.74) is 0. The molecule has 0 saturated heterocycles. The van der Waals surface area contributed by atoms with Crippen LogP contribution in [-0.4, -0.2) is 48.8 Å². The minimum atomic E-state index is -1.03. The van der Waals surface area contributed by atoms with Gasteiger partial charge < -0.3 is 20.1 Å². The zero-order chi connectivity index (χ0) is 20.2. The lowest BCUT2D eigenvalue weighted by Crippen LogP contribution is -2.39. The summed E-state index contributed by atoms with van der Waals surface area (Å²) >= 11 is 0. The van der Waals surface area contributed by atoms with Gasteiger partial charge in [0.15, 0.2) is 17.5 Å². The van der Waals surface area contributed by atoms with Crippen molar-refractivity contribution in [3.8, 4) is 11.5 Å². The summed E-state index contributed by atoms with van der Waals surface area (Å²) in [6, 6.07) is 17.0. The van der Waals surface area contributed by atoms with Crippen molar-refractivity contribution in [3.63, 3.8) is 0 Å². The van der Waals surface area contributed by atoms with Gasteiger partial charge in [-0.2, -0.15) is 0 Å². The maximum absolute atomic E-state index is 12.3. The average Bonchev–Trinajstić information content (AvgIpc) is 2.73. The molecule has 0 aliphatic carbocycles. The number of nitrogens with one attached hydrogen (secondary N) is 2. The Hall–Kier alpha value is -1.81. The lowest BCUT2D eigenvalue weighted by molar-refractivity contribution is 0.219. The number of nitrogens with zero attached hydrogens (tertiary/aromatic N) is 1. The Morgan fingerprint density at radius 1 is 1.07 bits per heavy atom. The fourth-order valence-corrected chi connectivity index (χ4v) is 3.47. The zero-order valence-corrected chi connectivity index (χ0v) is 20.2. The number of benzene rings is 2. The molecule has 0 amide bonds. The largest absolute Gasteiger partial charge is 0.493 e. The molecule has 0 aliphatic rings. The number of para-hydroxylation sites is 2. The first-order valence-electron chi connectivity index (χ1n) is 9.39. The fourth-order valence-electron chi connectivity index (χ4n) is 2.48. The molecular weight excluding hydrogens is 501 g/mol. The molecule has 2 aromatic carbocycles. The van der Waals surface area contributed by atoms with E-state index >= 15 is 0 Å². The first-order valence-corrected chi connectivity index (χ1v) is 10.7. The number of methoxy groups -OCH3 is 1. The molecule has 2 rings (SSSR count). The molecule has 2 atom stereocenters. The monoisotopic (exact) mass is 531 g/mol. The van der Waals surface area contributed by atoms with Crippen molar-refractivity contribution in [3.05, 3.63) is 54.6 Å². The summed E-state index contributed by atoms with van der Waals surface area (Å²) in [6.07, 6.45) is -0.120. The van der Waals surface area contributed by atoms with Crippen LogP contribution in [0.15, 0.2) is 64.5 Å². The molecule has 0 aliphatic heterocycles. The van der Waals surface area contributed by atoms with Crippen LogP contribution >= 0.6 is 24.0 Å². The van der Waals surface area contributed by atoms with E-state index in [4.69, 9.17) is 9.47 Å². The SMILES string of the molecule is CCNC(=NCC(C)Oc1ccccc1OC)NCCS(=O)c1ccccc1.I.